The highest BCUT2D eigenvalue weighted by Gasteiger charge is 2.56. The number of fused-ring (bicyclic) bond motifs is 2. The van der Waals surface area contributed by atoms with Gasteiger partial charge in [-0.15, -0.1) is 0 Å². The number of benzene rings is 3. The quantitative estimate of drug-likeness (QED) is 0.275. The van der Waals surface area contributed by atoms with E-state index in [0.29, 0.717) is 0 Å². The Morgan fingerprint density at radius 2 is 0.520 bits per heavy atom. The van der Waals surface area contributed by atoms with Gasteiger partial charge in [-0.25, -0.2) is 0 Å². The number of hydrogen-bond acceptors (Lipinski definition) is 8. The van der Waals surface area contributed by atoms with Gasteiger partial charge in [0.15, 0.2) is 0 Å². The first-order valence-electron chi connectivity index (χ1n) is 18.1. The van der Waals surface area contributed by atoms with Gasteiger partial charge in [-0.3, -0.25) is 0 Å². The molecule has 4 fully saturated rings. The van der Waals surface area contributed by atoms with E-state index in [1.807, 2.05) is 0 Å². The monoisotopic (exact) mass is 682 g/mol. The van der Waals surface area contributed by atoms with Crippen molar-refractivity contribution in [1.82, 2.24) is 0 Å². The van der Waals surface area contributed by atoms with Crippen molar-refractivity contribution in [3.05, 3.63) is 36.4 Å². The minimum atomic E-state index is -0.601. The fraction of sp³-hybridized carbons (Fsp3) is 0.632. The molecule has 4 aliphatic rings. The predicted molar refractivity (Wildman–Crippen MR) is 204 cm³/mol. The van der Waals surface area contributed by atoms with E-state index in [-0.39, 0.29) is 0 Å². The summed E-state index contributed by atoms with van der Waals surface area (Å²) in [7, 11) is -2.32. The summed E-state index contributed by atoms with van der Waals surface area (Å²) < 4.78 is 53.0. The molecule has 0 aliphatic carbocycles. The highest BCUT2D eigenvalue weighted by atomic mass is 16.7. The van der Waals surface area contributed by atoms with Crippen LogP contribution < -0.4 is 21.9 Å². The summed E-state index contributed by atoms with van der Waals surface area (Å²) in [5, 5.41) is 4.05. The van der Waals surface area contributed by atoms with Gasteiger partial charge in [0.2, 0.25) is 0 Å². The Labute approximate surface area is 300 Å². The third kappa shape index (κ3) is 5.55. The van der Waals surface area contributed by atoms with Gasteiger partial charge >= 0.3 is 28.5 Å². The van der Waals surface area contributed by atoms with Crippen LogP contribution in [0.15, 0.2) is 36.4 Å². The van der Waals surface area contributed by atoms with Crippen LogP contribution >= 0.6 is 0 Å². The van der Waals surface area contributed by atoms with E-state index in [4.69, 9.17) is 37.2 Å². The van der Waals surface area contributed by atoms with Crippen molar-refractivity contribution >= 4 is 71.9 Å². The lowest BCUT2D eigenvalue weighted by atomic mass is 9.67. The second-order valence-electron chi connectivity index (χ2n) is 18.9. The fourth-order valence-electron chi connectivity index (χ4n) is 6.89. The van der Waals surface area contributed by atoms with Gasteiger partial charge in [0, 0.05) is 0 Å². The lowest BCUT2D eigenvalue weighted by Crippen LogP contribution is -2.42. The van der Waals surface area contributed by atoms with E-state index in [2.05, 4.69) is 147 Å². The molecule has 4 aliphatic heterocycles. The molecule has 0 unspecified atom stereocenters. The third-order valence-electron chi connectivity index (χ3n) is 13.2. The van der Waals surface area contributed by atoms with Gasteiger partial charge in [0.25, 0.3) is 0 Å². The summed E-state index contributed by atoms with van der Waals surface area (Å²) in [6.07, 6.45) is 0. The normalized spacial score (nSPS) is 26.9. The molecule has 50 heavy (non-hydrogen) atoms. The molecule has 0 atom stereocenters. The van der Waals surface area contributed by atoms with E-state index in [1.165, 1.54) is 0 Å². The molecule has 12 heteroatoms. The highest BCUT2D eigenvalue weighted by Crippen LogP contribution is 2.41. The first-order chi connectivity index (χ1) is 22.7. The summed E-state index contributed by atoms with van der Waals surface area (Å²) in [4.78, 5) is 0. The molecule has 0 amide bonds. The second kappa shape index (κ2) is 10.8. The van der Waals surface area contributed by atoms with Crippen LogP contribution in [0.5, 0.6) is 0 Å². The van der Waals surface area contributed by atoms with Gasteiger partial charge in [-0.05, 0) is 166 Å². The minimum Gasteiger partial charge on any atom is -0.399 e. The summed E-state index contributed by atoms with van der Waals surface area (Å²) in [5.74, 6) is 0. The lowest BCUT2D eigenvalue weighted by molar-refractivity contribution is 0.00578. The second-order valence-corrected chi connectivity index (χ2v) is 18.9. The molecule has 3 aromatic carbocycles. The summed E-state index contributed by atoms with van der Waals surface area (Å²) in [6, 6.07) is 13.0. The zero-order valence-corrected chi connectivity index (χ0v) is 33.0. The van der Waals surface area contributed by atoms with E-state index in [0.717, 1.165) is 43.4 Å². The molecule has 0 saturated carbocycles. The average molecular weight is 682 g/mol. The molecule has 4 heterocycles. The Kier molecular flexibility index (Phi) is 7.91. The van der Waals surface area contributed by atoms with E-state index in [9.17, 15) is 0 Å². The Balaban J connectivity index is 1.46. The zero-order valence-electron chi connectivity index (χ0n) is 33.0. The molecular formula is C38H54B4O8. The molecule has 0 aromatic heterocycles. The van der Waals surface area contributed by atoms with Crippen LogP contribution in [-0.4, -0.2) is 73.3 Å². The predicted octanol–water partition coefficient (Wildman–Crippen LogP) is 5.19. The van der Waals surface area contributed by atoms with Crippen LogP contribution in [0.1, 0.15) is 111 Å². The first-order valence-corrected chi connectivity index (χ1v) is 18.1. The van der Waals surface area contributed by atoms with Crippen LogP contribution in [-0.2, 0) is 37.2 Å². The number of rotatable bonds is 4. The molecule has 4 saturated heterocycles. The van der Waals surface area contributed by atoms with Crippen LogP contribution in [0.3, 0.4) is 0 Å². The first kappa shape index (κ1) is 36.5. The smallest absolute Gasteiger partial charge is 0.399 e. The van der Waals surface area contributed by atoms with Crippen molar-refractivity contribution in [2.45, 2.75) is 156 Å². The molecule has 0 N–H and O–H groups in total. The molecule has 3 aromatic rings. The Morgan fingerprint density at radius 1 is 0.300 bits per heavy atom. The van der Waals surface area contributed by atoms with E-state index < -0.39 is 73.3 Å². The Morgan fingerprint density at radius 3 is 0.760 bits per heavy atom. The Hall–Kier alpha value is -1.88. The standard InChI is InChI=1S/C38H54B4O8/c1-31(2)32(3,4)44-39(43-31)25-17-23-19-28-24(20-27(23)29(21-25)41-47-35(9,10)36(11,12)48-41)18-26(40-45-33(5,6)34(7,8)46-40)22-30(28)42-49-37(13,14)38(15,16)50-42/h17-22H,1-16H3. The van der Waals surface area contributed by atoms with Crippen molar-refractivity contribution in [1.29, 1.82) is 0 Å². The maximum Gasteiger partial charge on any atom is 0.495 e. The topological polar surface area (TPSA) is 73.8 Å². The van der Waals surface area contributed by atoms with Crippen LogP contribution in [0.2, 0.25) is 0 Å². The molecule has 7 rings (SSSR count). The van der Waals surface area contributed by atoms with Crippen molar-refractivity contribution in [3.8, 4) is 0 Å². The summed E-state index contributed by atoms with van der Waals surface area (Å²) >= 11 is 0. The third-order valence-corrected chi connectivity index (χ3v) is 13.2. The van der Waals surface area contributed by atoms with Crippen LogP contribution in [0.4, 0.5) is 0 Å². The van der Waals surface area contributed by atoms with Crippen LogP contribution in [0, 0.1) is 0 Å². The SMILES string of the molecule is CC1(C)OB(c2cc(B3OC(C)(C)C(C)(C)O3)c3cc4cc(B5OC(C)(C)C(C)(C)O5)cc(B5OC(C)(C)C(C)(C)O5)c4cc3c2)OC1(C)C. The van der Waals surface area contributed by atoms with Crippen molar-refractivity contribution in [3.63, 3.8) is 0 Å². The Bertz CT molecular complexity index is 1680. The summed E-state index contributed by atoms with van der Waals surface area (Å²) in [5.41, 5.74) is -0.381. The van der Waals surface area contributed by atoms with Crippen LogP contribution in [0.25, 0.3) is 21.5 Å². The molecule has 0 radical (unpaired) electrons. The maximum absolute atomic E-state index is 6.69. The fourth-order valence-corrected chi connectivity index (χ4v) is 6.89. The largest absolute Gasteiger partial charge is 0.495 e. The van der Waals surface area contributed by atoms with Gasteiger partial charge < -0.3 is 37.2 Å². The van der Waals surface area contributed by atoms with Gasteiger partial charge in [0.05, 0.1) is 44.8 Å². The number of hydrogen-bond donors (Lipinski definition) is 0. The molecule has 0 spiro atoms. The van der Waals surface area contributed by atoms with Crippen molar-refractivity contribution in [2.24, 2.45) is 0 Å². The van der Waals surface area contributed by atoms with Gasteiger partial charge in [0.1, 0.15) is 0 Å². The molecule has 266 valence electrons. The van der Waals surface area contributed by atoms with Crippen molar-refractivity contribution in [2.75, 3.05) is 0 Å². The lowest BCUT2D eigenvalue weighted by Gasteiger charge is -2.32. The molecular weight excluding hydrogens is 628 g/mol. The highest BCUT2D eigenvalue weighted by molar-refractivity contribution is 6.70. The molecule has 8 nitrogen and oxygen atoms in total. The zero-order chi connectivity index (χ0) is 36.8. The van der Waals surface area contributed by atoms with Crippen molar-refractivity contribution < 1.29 is 37.2 Å². The van der Waals surface area contributed by atoms with Gasteiger partial charge in [-0.1, -0.05) is 24.3 Å². The summed E-state index contributed by atoms with van der Waals surface area (Å²) in [6.45, 7) is 33.2. The maximum atomic E-state index is 6.69. The minimum absolute atomic E-state index is 0.492. The average Bonchev–Trinajstić information content (AvgIpc) is 3.51. The van der Waals surface area contributed by atoms with E-state index in [1.54, 1.807) is 0 Å². The van der Waals surface area contributed by atoms with Gasteiger partial charge in [-0.2, -0.15) is 0 Å². The van der Waals surface area contributed by atoms with E-state index >= 15 is 0 Å². The molecule has 0 bridgehead atoms.